The Kier molecular flexibility index (Phi) is 5.90. The zero-order chi connectivity index (χ0) is 22.7. The number of nitrogens with one attached hydrogen (secondary N) is 1. The predicted octanol–water partition coefficient (Wildman–Crippen LogP) is 3.28. The second kappa shape index (κ2) is 8.57. The van der Waals surface area contributed by atoms with Crippen LogP contribution in [0.1, 0.15) is 30.3 Å². The van der Waals surface area contributed by atoms with Crippen LogP contribution in [0.5, 0.6) is 0 Å². The Hall–Kier alpha value is -4.35. The molecule has 1 aliphatic rings. The van der Waals surface area contributed by atoms with Gasteiger partial charge in [-0.2, -0.15) is 0 Å². The highest BCUT2D eigenvalue weighted by atomic mass is 16.6. The van der Waals surface area contributed by atoms with Crippen LogP contribution in [0, 0.1) is 25.1 Å². The van der Waals surface area contributed by atoms with E-state index in [1.54, 1.807) is 13.0 Å². The summed E-state index contributed by atoms with van der Waals surface area (Å²) in [4.78, 5) is 46.0. The second-order valence-corrected chi connectivity index (χ2v) is 6.61. The van der Waals surface area contributed by atoms with E-state index in [0.29, 0.717) is 0 Å². The maximum absolute atomic E-state index is 12.5. The number of carbonyl (C=O) groups excluding carboxylic acids is 1. The largest absolute Gasteiger partial charge is 0.466 e. The Labute approximate surface area is 175 Å². The van der Waals surface area contributed by atoms with Crippen molar-refractivity contribution < 1.29 is 19.4 Å². The maximum Gasteiger partial charge on any atom is 0.338 e. The topological polar surface area (TPSA) is 157 Å². The van der Waals surface area contributed by atoms with Gasteiger partial charge >= 0.3 is 5.97 Å². The molecular weight excluding hydrogens is 410 g/mol. The number of carbonyl (C=O) groups is 1. The standard InChI is InChI=1S/C19H17N5O7/c1-11-16(19(25)31-2)17(12-6-5-7-13(10-12)23(27)28)22(21-26)18(20-11)14-8-3-4-9-15(14)24(29)30/h3-10,17-18,20H,1-2H3/t17-,18+/m0/s1. The van der Waals surface area contributed by atoms with Gasteiger partial charge in [0, 0.05) is 23.9 Å². The first-order chi connectivity index (χ1) is 14.8. The van der Waals surface area contributed by atoms with Crippen LogP contribution in [-0.2, 0) is 9.53 Å². The van der Waals surface area contributed by atoms with Gasteiger partial charge in [0.25, 0.3) is 11.4 Å². The van der Waals surface area contributed by atoms with Gasteiger partial charge in [-0.3, -0.25) is 20.2 Å². The number of benzene rings is 2. The summed E-state index contributed by atoms with van der Waals surface area (Å²) in [5.74, 6) is -0.781. The third-order valence-electron chi connectivity index (χ3n) is 4.88. The number of nitro benzene ring substituents is 2. The molecule has 0 aromatic heterocycles. The Morgan fingerprint density at radius 1 is 1.13 bits per heavy atom. The van der Waals surface area contributed by atoms with Crippen LogP contribution in [0.4, 0.5) is 11.4 Å². The van der Waals surface area contributed by atoms with Crippen molar-refractivity contribution in [3.8, 4) is 0 Å². The molecule has 0 bridgehead atoms. The predicted molar refractivity (Wildman–Crippen MR) is 107 cm³/mol. The van der Waals surface area contributed by atoms with Crippen LogP contribution in [0.25, 0.3) is 0 Å². The van der Waals surface area contributed by atoms with E-state index in [9.17, 15) is 29.9 Å². The first-order valence-electron chi connectivity index (χ1n) is 8.95. The van der Waals surface area contributed by atoms with Crippen LogP contribution in [-0.4, -0.2) is 27.9 Å². The Balaban J connectivity index is 2.25. The van der Waals surface area contributed by atoms with Crippen molar-refractivity contribution in [2.45, 2.75) is 19.1 Å². The number of para-hydroxylation sites is 1. The van der Waals surface area contributed by atoms with Crippen molar-refractivity contribution in [1.82, 2.24) is 10.3 Å². The smallest absolute Gasteiger partial charge is 0.338 e. The number of hydrogen-bond donors (Lipinski definition) is 1. The average Bonchev–Trinajstić information content (AvgIpc) is 2.77. The molecular formula is C19H17N5O7. The third-order valence-corrected chi connectivity index (χ3v) is 4.88. The van der Waals surface area contributed by atoms with E-state index in [2.05, 4.69) is 10.6 Å². The number of methoxy groups -OCH3 is 1. The molecule has 160 valence electrons. The van der Waals surface area contributed by atoms with Crippen molar-refractivity contribution in [3.05, 3.63) is 96.1 Å². The lowest BCUT2D eigenvalue weighted by Crippen LogP contribution is -2.44. The van der Waals surface area contributed by atoms with Gasteiger partial charge in [0.15, 0.2) is 6.17 Å². The first-order valence-corrected chi connectivity index (χ1v) is 8.95. The van der Waals surface area contributed by atoms with Crippen molar-refractivity contribution in [2.75, 3.05) is 7.11 Å². The normalized spacial score (nSPS) is 18.2. The van der Waals surface area contributed by atoms with Gasteiger partial charge in [0.1, 0.15) is 6.04 Å². The second-order valence-electron chi connectivity index (χ2n) is 6.61. The molecule has 3 rings (SSSR count). The van der Waals surface area contributed by atoms with Crippen LogP contribution in [0.15, 0.2) is 65.1 Å². The zero-order valence-corrected chi connectivity index (χ0v) is 16.4. The number of esters is 1. The number of non-ortho nitro benzene ring substituents is 1. The number of rotatable bonds is 6. The van der Waals surface area contributed by atoms with Crippen LogP contribution in [0.2, 0.25) is 0 Å². The van der Waals surface area contributed by atoms with Gasteiger partial charge < -0.3 is 10.1 Å². The number of nitroso groups, excluding NO2 is 1. The summed E-state index contributed by atoms with van der Waals surface area (Å²) in [6, 6.07) is 9.95. The molecule has 1 aliphatic heterocycles. The molecule has 0 amide bonds. The van der Waals surface area contributed by atoms with Gasteiger partial charge in [-0.25, -0.2) is 9.80 Å². The minimum absolute atomic E-state index is 0.00238. The molecule has 12 heteroatoms. The minimum Gasteiger partial charge on any atom is -0.466 e. The number of ether oxygens (including phenoxy) is 1. The highest BCUT2D eigenvalue weighted by Gasteiger charge is 2.42. The molecule has 0 saturated carbocycles. The molecule has 12 nitrogen and oxygen atoms in total. The minimum atomic E-state index is -1.18. The van der Waals surface area contributed by atoms with E-state index < -0.39 is 28.0 Å². The number of nitro groups is 2. The average molecular weight is 427 g/mol. The molecule has 1 N–H and O–H groups in total. The van der Waals surface area contributed by atoms with E-state index >= 15 is 0 Å². The molecule has 0 saturated heterocycles. The Morgan fingerprint density at radius 3 is 2.45 bits per heavy atom. The molecule has 2 atom stereocenters. The van der Waals surface area contributed by atoms with Crippen molar-refractivity contribution in [3.63, 3.8) is 0 Å². The fraction of sp³-hybridized carbons (Fsp3) is 0.211. The number of nitrogens with zero attached hydrogens (tertiary/aromatic N) is 4. The van der Waals surface area contributed by atoms with E-state index in [-0.39, 0.29) is 33.8 Å². The lowest BCUT2D eigenvalue weighted by Gasteiger charge is -2.40. The zero-order valence-electron chi connectivity index (χ0n) is 16.4. The van der Waals surface area contributed by atoms with Gasteiger partial charge in [-0.1, -0.05) is 24.3 Å². The third kappa shape index (κ3) is 3.90. The summed E-state index contributed by atoms with van der Waals surface area (Å²) < 4.78 is 4.84. The van der Waals surface area contributed by atoms with Crippen LogP contribution in [0.3, 0.4) is 0 Å². The molecule has 0 aliphatic carbocycles. The molecule has 0 unspecified atom stereocenters. The lowest BCUT2D eigenvalue weighted by atomic mass is 9.92. The van der Waals surface area contributed by atoms with Gasteiger partial charge in [0.2, 0.25) is 0 Å². The van der Waals surface area contributed by atoms with Gasteiger partial charge in [-0.15, -0.1) is 4.91 Å². The number of hydrogen-bond acceptors (Lipinski definition) is 9. The van der Waals surface area contributed by atoms with Crippen molar-refractivity contribution in [1.29, 1.82) is 0 Å². The summed E-state index contributed by atoms with van der Waals surface area (Å²) in [6.45, 7) is 1.54. The monoisotopic (exact) mass is 427 g/mol. The highest BCUT2D eigenvalue weighted by Crippen LogP contribution is 2.43. The van der Waals surface area contributed by atoms with Gasteiger partial charge in [0.05, 0.1) is 33.4 Å². The van der Waals surface area contributed by atoms with Crippen molar-refractivity contribution >= 4 is 17.3 Å². The number of allylic oxidation sites excluding steroid dienone is 1. The molecule has 2 aromatic rings. The summed E-state index contributed by atoms with van der Waals surface area (Å²) in [7, 11) is 1.15. The fourth-order valence-corrected chi connectivity index (χ4v) is 3.54. The molecule has 0 radical (unpaired) electrons. The fourth-order valence-electron chi connectivity index (χ4n) is 3.54. The van der Waals surface area contributed by atoms with Crippen LogP contribution >= 0.6 is 0 Å². The van der Waals surface area contributed by atoms with Crippen LogP contribution < -0.4 is 5.32 Å². The summed E-state index contributed by atoms with van der Waals surface area (Å²) in [6.07, 6.45) is -1.11. The van der Waals surface area contributed by atoms with Gasteiger partial charge in [-0.05, 0) is 18.6 Å². The summed E-state index contributed by atoms with van der Waals surface area (Å²) in [5.41, 5.74) is 0.111. The Bertz CT molecular complexity index is 1100. The quantitative estimate of drug-likeness (QED) is 0.316. The highest BCUT2D eigenvalue weighted by molar-refractivity contribution is 5.91. The molecule has 1 heterocycles. The molecule has 0 fully saturated rings. The SMILES string of the molecule is COC(=O)C1=C(C)N[C@@H](c2ccccc2[N+](=O)[O-])N(N=O)[C@H]1c1cccc([N+](=O)[O-])c1. The molecule has 2 aromatic carbocycles. The van der Waals surface area contributed by atoms with E-state index in [0.717, 1.165) is 12.1 Å². The maximum atomic E-state index is 12.5. The first kappa shape index (κ1) is 21.4. The lowest BCUT2D eigenvalue weighted by molar-refractivity contribution is -0.386. The van der Waals surface area contributed by atoms with E-state index in [4.69, 9.17) is 4.74 Å². The van der Waals surface area contributed by atoms with E-state index in [1.807, 2.05) is 0 Å². The summed E-state index contributed by atoms with van der Waals surface area (Å²) >= 11 is 0. The van der Waals surface area contributed by atoms with E-state index in [1.165, 1.54) is 42.5 Å². The summed E-state index contributed by atoms with van der Waals surface area (Å²) in [5, 5.41) is 29.6. The molecule has 31 heavy (non-hydrogen) atoms. The van der Waals surface area contributed by atoms with Crippen molar-refractivity contribution in [2.24, 2.45) is 5.29 Å². The Morgan fingerprint density at radius 2 is 1.84 bits per heavy atom. The molecule has 0 spiro atoms.